The fourth-order valence-electron chi connectivity index (χ4n) is 2.16. The van der Waals surface area contributed by atoms with Gasteiger partial charge in [-0.15, -0.1) is 0 Å². The maximum Gasteiger partial charge on any atom is 0.411 e. The number of nitrogens with one attached hydrogen (secondary N) is 2. The largest absolute Gasteiger partial charge is 0.411 e. The van der Waals surface area contributed by atoms with Crippen molar-refractivity contribution in [3.05, 3.63) is 30.0 Å². The molecule has 0 radical (unpaired) electrons. The molecule has 20 heavy (non-hydrogen) atoms. The van der Waals surface area contributed by atoms with Crippen LogP contribution in [0.1, 0.15) is 23.3 Å². The van der Waals surface area contributed by atoms with Gasteiger partial charge in [-0.1, -0.05) is 0 Å². The summed E-state index contributed by atoms with van der Waals surface area (Å²) >= 11 is 0. The van der Waals surface area contributed by atoms with E-state index in [-0.39, 0.29) is 18.5 Å². The van der Waals surface area contributed by atoms with E-state index in [0.29, 0.717) is 16.6 Å². The van der Waals surface area contributed by atoms with Crippen molar-refractivity contribution >= 4 is 22.5 Å². The van der Waals surface area contributed by atoms with Crippen LogP contribution in [-0.2, 0) is 0 Å². The van der Waals surface area contributed by atoms with E-state index in [0.717, 1.165) is 0 Å². The number of alkyl halides is 3. The Balaban J connectivity index is 1.86. The maximum absolute atomic E-state index is 12.8. The summed E-state index contributed by atoms with van der Waals surface area (Å²) in [5, 5.41) is 2.76. The minimum atomic E-state index is -4.42. The first-order valence-electron chi connectivity index (χ1n) is 6.08. The number of carbonyl (C=O) groups is 1. The second-order valence-corrected chi connectivity index (χ2v) is 5.06. The van der Waals surface area contributed by atoms with Crippen molar-refractivity contribution in [2.75, 3.05) is 5.73 Å². The van der Waals surface area contributed by atoms with Gasteiger partial charge in [-0.2, -0.15) is 13.2 Å². The molecule has 1 aliphatic rings. The normalized spacial score (nSPS) is 17.1. The lowest BCUT2D eigenvalue weighted by Gasteiger charge is -2.20. The average molecular weight is 283 g/mol. The Morgan fingerprint density at radius 3 is 2.60 bits per heavy atom. The van der Waals surface area contributed by atoms with Gasteiger partial charge in [-0.05, 0) is 37.1 Å². The fourth-order valence-corrected chi connectivity index (χ4v) is 2.16. The average Bonchev–Trinajstić information content (AvgIpc) is 3.01. The first kappa shape index (κ1) is 12.8. The van der Waals surface area contributed by atoms with Gasteiger partial charge >= 0.3 is 6.18 Å². The molecule has 0 unspecified atom stereocenters. The van der Waals surface area contributed by atoms with E-state index in [2.05, 4.69) is 10.3 Å². The van der Waals surface area contributed by atoms with Crippen molar-refractivity contribution in [3.63, 3.8) is 0 Å². The van der Waals surface area contributed by atoms with Crippen molar-refractivity contribution in [2.45, 2.75) is 24.6 Å². The van der Waals surface area contributed by atoms with Crippen molar-refractivity contribution in [3.8, 4) is 0 Å². The highest BCUT2D eigenvalue weighted by molar-refractivity contribution is 5.99. The smallest absolute Gasteiger partial charge is 0.399 e. The van der Waals surface area contributed by atoms with Crippen LogP contribution in [0.4, 0.5) is 18.9 Å². The first-order chi connectivity index (χ1) is 9.31. The number of amides is 1. The summed E-state index contributed by atoms with van der Waals surface area (Å²) in [5.74, 6) is -0.755. The number of H-pyrrole nitrogens is 1. The number of fused-ring (bicyclic) bond motifs is 1. The molecule has 7 heteroatoms. The number of hydrogen-bond acceptors (Lipinski definition) is 2. The Morgan fingerprint density at radius 2 is 2.00 bits per heavy atom. The van der Waals surface area contributed by atoms with Crippen LogP contribution in [0.25, 0.3) is 10.9 Å². The Bertz CT molecular complexity index is 686. The summed E-state index contributed by atoms with van der Waals surface area (Å²) in [6, 6.07) is 6.48. The molecule has 1 aromatic carbocycles. The van der Waals surface area contributed by atoms with Crippen molar-refractivity contribution in [1.82, 2.24) is 10.3 Å². The van der Waals surface area contributed by atoms with Crippen LogP contribution in [0, 0.1) is 0 Å². The molecule has 0 aliphatic heterocycles. The number of aromatic amines is 1. The van der Waals surface area contributed by atoms with Gasteiger partial charge in [0, 0.05) is 16.6 Å². The predicted octanol–water partition coefficient (Wildman–Crippen LogP) is 2.57. The first-order valence-corrected chi connectivity index (χ1v) is 6.08. The number of anilines is 1. The van der Waals surface area contributed by atoms with E-state index >= 15 is 0 Å². The number of benzene rings is 1. The van der Waals surface area contributed by atoms with Gasteiger partial charge in [-0.3, -0.25) is 4.79 Å². The minimum Gasteiger partial charge on any atom is -0.399 e. The molecule has 0 spiro atoms. The van der Waals surface area contributed by atoms with Crippen LogP contribution >= 0.6 is 0 Å². The maximum atomic E-state index is 12.8. The van der Waals surface area contributed by atoms with Crippen LogP contribution in [0.2, 0.25) is 0 Å². The summed E-state index contributed by atoms with van der Waals surface area (Å²) < 4.78 is 38.4. The Kier molecular flexibility index (Phi) is 2.51. The second kappa shape index (κ2) is 3.91. The van der Waals surface area contributed by atoms with Crippen molar-refractivity contribution < 1.29 is 18.0 Å². The molecule has 3 rings (SSSR count). The number of nitrogens with two attached hydrogens (primary N) is 1. The molecular formula is C13H12F3N3O. The number of carbonyl (C=O) groups excluding carboxylic acids is 1. The summed E-state index contributed by atoms with van der Waals surface area (Å²) in [6.45, 7) is 0. The molecule has 4 nitrogen and oxygen atoms in total. The van der Waals surface area contributed by atoms with Crippen molar-refractivity contribution in [2.24, 2.45) is 0 Å². The quantitative estimate of drug-likeness (QED) is 0.741. The van der Waals surface area contributed by atoms with E-state index in [1.165, 1.54) is 6.07 Å². The molecule has 2 aromatic rings. The highest BCUT2D eigenvalue weighted by Gasteiger charge is 2.64. The zero-order valence-electron chi connectivity index (χ0n) is 10.3. The van der Waals surface area contributed by atoms with Gasteiger partial charge in [-0.25, -0.2) is 0 Å². The third-order valence-corrected chi connectivity index (χ3v) is 3.53. The topological polar surface area (TPSA) is 70.9 Å². The number of hydrogen-bond donors (Lipinski definition) is 3. The second-order valence-electron chi connectivity index (χ2n) is 5.06. The molecular weight excluding hydrogens is 271 g/mol. The van der Waals surface area contributed by atoms with E-state index < -0.39 is 17.6 Å². The zero-order chi connectivity index (χ0) is 14.5. The van der Waals surface area contributed by atoms with Gasteiger partial charge < -0.3 is 16.0 Å². The molecule has 1 aromatic heterocycles. The lowest BCUT2D eigenvalue weighted by Crippen LogP contribution is -2.47. The molecule has 0 bridgehead atoms. The summed E-state index contributed by atoms with van der Waals surface area (Å²) in [6.07, 6.45) is -4.57. The Hall–Kier alpha value is -2.18. The summed E-state index contributed by atoms with van der Waals surface area (Å²) in [4.78, 5) is 14.7. The molecule has 1 aliphatic carbocycles. The lowest BCUT2D eigenvalue weighted by molar-refractivity contribution is -0.163. The van der Waals surface area contributed by atoms with Gasteiger partial charge in [0.1, 0.15) is 11.2 Å². The van der Waals surface area contributed by atoms with Gasteiger partial charge in [0.05, 0.1) is 0 Å². The lowest BCUT2D eigenvalue weighted by atomic mass is 10.2. The van der Waals surface area contributed by atoms with Gasteiger partial charge in [0.15, 0.2) is 0 Å². The monoisotopic (exact) mass is 283 g/mol. The van der Waals surface area contributed by atoms with E-state index in [1.807, 2.05) is 0 Å². The molecule has 106 valence electrons. The zero-order valence-corrected chi connectivity index (χ0v) is 10.3. The predicted molar refractivity (Wildman–Crippen MR) is 68.2 cm³/mol. The summed E-state index contributed by atoms with van der Waals surface area (Å²) in [5.41, 5.74) is 4.84. The van der Waals surface area contributed by atoms with Gasteiger partial charge in [0.25, 0.3) is 5.91 Å². The molecule has 1 heterocycles. The Morgan fingerprint density at radius 1 is 1.30 bits per heavy atom. The highest BCUT2D eigenvalue weighted by atomic mass is 19.4. The minimum absolute atomic E-state index is 0.0740. The summed E-state index contributed by atoms with van der Waals surface area (Å²) in [7, 11) is 0. The van der Waals surface area contributed by atoms with Crippen LogP contribution in [0.5, 0.6) is 0 Å². The number of rotatable bonds is 2. The van der Waals surface area contributed by atoms with E-state index in [1.54, 1.807) is 18.2 Å². The van der Waals surface area contributed by atoms with Crippen LogP contribution in [-0.4, -0.2) is 22.6 Å². The fraction of sp³-hybridized carbons (Fsp3) is 0.308. The van der Waals surface area contributed by atoms with E-state index in [9.17, 15) is 18.0 Å². The van der Waals surface area contributed by atoms with Crippen molar-refractivity contribution in [1.29, 1.82) is 0 Å². The van der Waals surface area contributed by atoms with E-state index in [4.69, 9.17) is 5.73 Å². The molecule has 1 fully saturated rings. The van der Waals surface area contributed by atoms with Gasteiger partial charge in [0.2, 0.25) is 0 Å². The third-order valence-electron chi connectivity index (χ3n) is 3.53. The number of aromatic nitrogens is 1. The third kappa shape index (κ3) is 1.99. The molecule has 1 amide bonds. The van der Waals surface area contributed by atoms with Crippen LogP contribution in [0.3, 0.4) is 0 Å². The number of nitrogen functional groups attached to an aromatic ring is 1. The highest BCUT2D eigenvalue weighted by Crippen LogP contribution is 2.49. The number of halogens is 3. The molecule has 1 saturated carbocycles. The SMILES string of the molecule is Nc1ccc2[nH]c(C(=O)NC3(C(F)(F)F)CC3)cc2c1. The Labute approximate surface area is 112 Å². The molecule has 4 N–H and O–H groups in total. The molecule has 0 atom stereocenters. The molecule has 0 saturated heterocycles. The van der Waals surface area contributed by atoms with Crippen LogP contribution < -0.4 is 11.1 Å². The standard InChI is InChI=1S/C13H12F3N3O/c14-13(15,16)12(3-4-12)19-11(20)10-6-7-5-8(17)1-2-9(7)18-10/h1-2,5-6,18H,3-4,17H2,(H,19,20). The van der Waals surface area contributed by atoms with Crippen LogP contribution in [0.15, 0.2) is 24.3 Å².